The van der Waals surface area contributed by atoms with Gasteiger partial charge < -0.3 is 10.2 Å². The fraction of sp³-hybridized carbons (Fsp3) is 0.286. The maximum atomic E-state index is 13.6. The number of aryl methyl sites for hydroxylation is 2. The van der Waals surface area contributed by atoms with Crippen LogP contribution < -0.4 is 9.62 Å². The summed E-state index contributed by atoms with van der Waals surface area (Å²) in [6, 6.07) is 21.3. The minimum atomic E-state index is -3.97. The molecule has 2 amide bonds. The van der Waals surface area contributed by atoms with Crippen molar-refractivity contribution in [3.05, 3.63) is 95.1 Å². The lowest BCUT2D eigenvalue weighted by atomic mass is 10.1. The summed E-state index contributed by atoms with van der Waals surface area (Å²) < 4.78 is 28.3. The van der Waals surface area contributed by atoms with Gasteiger partial charge in [-0.25, -0.2) is 8.42 Å². The molecule has 0 aliphatic carbocycles. The molecule has 0 spiro atoms. The fourth-order valence-electron chi connectivity index (χ4n) is 4.45. The van der Waals surface area contributed by atoms with Gasteiger partial charge in [0.2, 0.25) is 11.8 Å². The Morgan fingerprint density at radius 3 is 2.33 bits per heavy atom. The Balaban J connectivity index is 1.54. The highest BCUT2D eigenvalue weighted by Gasteiger charge is 2.28. The molecule has 0 aromatic heterocycles. The number of amides is 2. The van der Waals surface area contributed by atoms with Crippen LogP contribution in [0.1, 0.15) is 35.1 Å². The predicted octanol–water partition coefficient (Wildman–Crippen LogP) is 3.94. The normalized spacial score (nSPS) is 13.6. The molecular weight excluding hydrogens is 474 g/mol. The zero-order valence-electron chi connectivity index (χ0n) is 20.6. The Kier molecular flexibility index (Phi) is 7.74. The van der Waals surface area contributed by atoms with Gasteiger partial charge >= 0.3 is 0 Å². The van der Waals surface area contributed by atoms with Crippen LogP contribution in [0.3, 0.4) is 0 Å². The van der Waals surface area contributed by atoms with Crippen LogP contribution >= 0.6 is 0 Å². The molecule has 36 heavy (non-hydrogen) atoms. The Morgan fingerprint density at radius 1 is 0.972 bits per heavy atom. The average molecular weight is 506 g/mol. The van der Waals surface area contributed by atoms with Crippen molar-refractivity contribution in [3.63, 3.8) is 0 Å². The molecule has 1 saturated heterocycles. The molecule has 0 bridgehead atoms. The summed E-state index contributed by atoms with van der Waals surface area (Å²) in [7, 11) is -3.97. The maximum Gasteiger partial charge on any atom is 0.264 e. The standard InChI is InChI=1S/C28H31N3O4S/c1-21-14-15-26(22(2)17-21)31(36(34,35)25-11-4-3-5-12-25)20-27(32)29-18-23-9-6-7-10-24(23)19-30-16-8-13-28(30)33/h3-7,9-12,14-15,17H,8,13,16,18-20H2,1-2H3,(H,29,32). The second kappa shape index (κ2) is 11.0. The van der Waals surface area contributed by atoms with Crippen molar-refractivity contribution in [2.75, 3.05) is 17.4 Å². The summed E-state index contributed by atoms with van der Waals surface area (Å²) in [5.41, 5.74) is 4.10. The number of likely N-dealkylation sites (tertiary alicyclic amines) is 1. The summed E-state index contributed by atoms with van der Waals surface area (Å²) in [4.78, 5) is 27.1. The number of hydrogen-bond acceptors (Lipinski definition) is 4. The lowest BCUT2D eigenvalue weighted by Crippen LogP contribution is -2.41. The number of nitrogens with zero attached hydrogens (tertiary/aromatic N) is 2. The van der Waals surface area contributed by atoms with E-state index < -0.39 is 15.9 Å². The van der Waals surface area contributed by atoms with E-state index in [1.165, 1.54) is 16.4 Å². The van der Waals surface area contributed by atoms with Gasteiger partial charge in [0.05, 0.1) is 10.6 Å². The van der Waals surface area contributed by atoms with E-state index in [4.69, 9.17) is 0 Å². The summed E-state index contributed by atoms with van der Waals surface area (Å²) >= 11 is 0. The van der Waals surface area contributed by atoms with E-state index in [-0.39, 0.29) is 23.9 Å². The topological polar surface area (TPSA) is 86.8 Å². The van der Waals surface area contributed by atoms with Gasteiger partial charge in [0.15, 0.2) is 0 Å². The largest absolute Gasteiger partial charge is 0.350 e. The molecule has 1 aliphatic heterocycles. The minimum absolute atomic E-state index is 0.124. The first-order valence-electron chi connectivity index (χ1n) is 12.0. The van der Waals surface area contributed by atoms with Crippen molar-refractivity contribution in [3.8, 4) is 0 Å². The van der Waals surface area contributed by atoms with Crippen molar-refractivity contribution < 1.29 is 18.0 Å². The molecule has 0 saturated carbocycles. The maximum absolute atomic E-state index is 13.6. The van der Waals surface area contributed by atoms with Crippen LogP contribution in [-0.2, 0) is 32.7 Å². The van der Waals surface area contributed by atoms with Crippen molar-refractivity contribution in [1.82, 2.24) is 10.2 Å². The molecule has 0 atom stereocenters. The van der Waals surface area contributed by atoms with E-state index in [1.807, 2.05) is 55.1 Å². The monoisotopic (exact) mass is 505 g/mol. The second-order valence-corrected chi connectivity index (χ2v) is 10.9. The van der Waals surface area contributed by atoms with Gasteiger partial charge in [0, 0.05) is 26.1 Å². The first kappa shape index (κ1) is 25.4. The van der Waals surface area contributed by atoms with Crippen LogP contribution in [0.4, 0.5) is 5.69 Å². The first-order valence-corrected chi connectivity index (χ1v) is 13.5. The number of rotatable bonds is 9. The van der Waals surface area contributed by atoms with Gasteiger partial charge in [-0.15, -0.1) is 0 Å². The van der Waals surface area contributed by atoms with Gasteiger partial charge in [-0.3, -0.25) is 13.9 Å². The number of carbonyl (C=O) groups is 2. The van der Waals surface area contributed by atoms with E-state index in [1.54, 1.807) is 24.3 Å². The van der Waals surface area contributed by atoms with Crippen LogP contribution in [0.25, 0.3) is 0 Å². The van der Waals surface area contributed by atoms with E-state index in [2.05, 4.69) is 5.32 Å². The number of benzene rings is 3. The SMILES string of the molecule is Cc1ccc(N(CC(=O)NCc2ccccc2CN2CCCC2=O)S(=O)(=O)c2ccccc2)c(C)c1. The third kappa shape index (κ3) is 5.76. The minimum Gasteiger partial charge on any atom is -0.350 e. The third-order valence-electron chi connectivity index (χ3n) is 6.37. The molecule has 8 heteroatoms. The summed E-state index contributed by atoms with van der Waals surface area (Å²) in [6.07, 6.45) is 1.44. The molecule has 0 unspecified atom stereocenters. The van der Waals surface area contributed by atoms with Crippen molar-refractivity contribution in [2.45, 2.75) is 44.7 Å². The molecule has 1 N–H and O–H groups in total. The van der Waals surface area contributed by atoms with Gasteiger partial charge in [0.1, 0.15) is 6.54 Å². The molecule has 1 aliphatic rings. The second-order valence-electron chi connectivity index (χ2n) is 9.08. The predicted molar refractivity (Wildman–Crippen MR) is 140 cm³/mol. The van der Waals surface area contributed by atoms with Crippen LogP contribution in [-0.4, -0.2) is 38.2 Å². The van der Waals surface area contributed by atoms with Crippen molar-refractivity contribution >= 4 is 27.5 Å². The highest BCUT2D eigenvalue weighted by molar-refractivity contribution is 7.92. The summed E-state index contributed by atoms with van der Waals surface area (Å²) in [5.74, 6) is -0.273. The first-order chi connectivity index (χ1) is 17.3. The van der Waals surface area contributed by atoms with Gasteiger partial charge in [-0.05, 0) is 55.2 Å². The zero-order valence-corrected chi connectivity index (χ0v) is 21.4. The van der Waals surface area contributed by atoms with Crippen LogP contribution in [0.5, 0.6) is 0 Å². The number of nitrogens with one attached hydrogen (secondary N) is 1. The molecule has 1 fully saturated rings. The number of anilines is 1. The molecule has 3 aromatic carbocycles. The quantitative estimate of drug-likeness (QED) is 0.477. The summed E-state index contributed by atoms with van der Waals surface area (Å²) in [6.45, 7) is 4.90. The lowest BCUT2D eigenvalue weighted by Gasteiger charge is -2.26. The van der Waals surface area contributed by atoms with Crippen molar-refractivity contribution in [2.24, 2.45) is 0 Å². The molecule has 0 radical (unpaired) electrons. The third-order valence-corrected chi connectivity index (χ3v) is 8.14. The highest BCUT2D eigenvalue weighted by Crippen LogP contribution is 2.27. The smallest absolute Gasteiger partial charge is 0.264 e. The number of sulfonamides is 1. The van der Waals surface area contributed by atoms with Crippen molar-refractivity contribution in [1.29, 1.82) is 0 Å². The Labute approximate surface area is 212 Å². The van der Waals surface area contributed by atoms with Gasteiger partial charge in [-0.2, -0.15) is 0 Å². The van der Waals surface area contributed by atoms with E-state index in [0.29, 0.717) is 18.7 Å². The van der Waals surface area contributed by atoms with E-state index >= 15 is 0 Å². The molecule has 1 heterocycles. The molecular formula is C28H31N3O4S. The highest BCUT2D eigenvalue weighted by atomic mass is 32.2. The van der Waals surface area contributed by atoms with Gasteiger partial charge in [-0.1, -0.05) is 60.2 Å². The van der Waals surface area contributed by atoms with E-state index in [0.717, 1.165) is 35.2 Å². The average Bonchev–Trinajstić information content (AvgIpc) is 3.27. The molecule has 7 nitrogen and oxygen atoms in total. The van der Waals surface area contributed by atoms with Crippen LogP contribution in [0.15, 0.2) is 77.7 Å². The molecule has 3 aromatic rings. The van der Waals surface area contributed by atoms with Crippen LogP contribution in [0, 0.1) is 13.8 Å². The zero-order chi connectivity index (χ0) is 25.7. The van der Waals surface area contributed by atoms with E-state index in [9.17, 15) is 18.0 Å². The van der Waals surface area contributed by atoms with Gasteiger partial charge in [0.25, 0.3) is 10.0 Å². The molecule has 188 valence electrons. The molecule has 4 rings (SSSR count). The summed E-state index contributed by atoms with van der Waals surface area (Å²) in [5, 5.41) is 2.88. The number of carbonyl (C=O) groups excluding carboxylic acids is 2. The Morgan fingerprint density at radius 2 is 1.67 bits per heavy atom. The number of hydrogen-bond donors (Lipinski definition) is 1. The fourth-order valence-corrected chi connectivity index (χ4v) is 5.95. The Hall–Kier alpha value is -3.65. The van der Waals surface area contributed by atoms with Crippen LogP contribution in [0.2, 0.25) is 0 Å². The Bertz CT molecular complexity index is 1360. The lowest BCUT2D eigenvalue weighted by molar-refractivity contribution is -0.128.